The summed E-state index contributed by atoms with van der Waals surface area (Å²) in [5.41, 5.74) is 0. The molecule has 1 aliphatic heterocycles. The zero-order valence-electron chi connectivity index (χ0n) is 27.0. The van der Waals surface area contributed by atoms with E-state index in [9.17, 15) is 30.0 Å². The van der Waals surface area contributed by atoms with Gasteiger partial charge >= 0.3 is 11.9 Å². The number of ether oxygens (including phenoxy) is 4. The third kappa shape index (κ3) is 19.0. The van der Waals surface area contributed by atoms with E-state index in [1.807, 2.05) is 0 Å². The van der Waals surface area contributed by atoms with Crippen LogP contribution < -0.4 is 0 Å². The molecule has 1 heterocycles. The summed E-state index contributed by atoms with van der Waals surface area (Å²) in [6.45, 7) is 3.34. The molecule has 0 aliphatic carbocycles. The van der Waals surface area contributed by atoms with Crippen molar-refractivity contribution in [1.82, 2.24) is 0 Å². The molecule has 0 saturated carbocycles. The van der Waals surface area contributed by atoms with Gasteiger partial charge in [-0.05, 0) is 12.8 Å². The van der Waals surface area contributed by atoms with E-state index in [1.165, 1.54) is 64.2 Å². The van der Waals surface area contributed by atoms with Crippen LogP contribution in [0.1, 0.15) is 142 Å². The number of rotatable bonds is 27. The molecule has 0 bridgehead atoms. The maximum absolute atomic E-state index is 12.6. The molecule has 0 aromatic heterocycles. The average Bonchev–Trinajstić information content (AvgIpc) is 3.00. The van der Waals surface area contributed by atoms with Gasteiger partial charge in [0, 0.05) is 12.8 Å². The van der Waals surface area contributed by atoms with E-state index >= 15 is 0 Å². The van der Waals surface area contributed by atoms with E-state index in [0.717, 1.165) is 44.9 Å². The lowest BCUT2D eigenvalue weighted by Crippen LogP contribution is -2.59. The van der Waals surface area contributed by atoms with Crippen LogP contribution in [-0.2, 0) is 28.5 Å². The van der Waals surface area contributed by atoms with E-state index in [1.54, 1.807) is 0 Å². The Labute approximate surface area is 259 Å². The molecule has 1 rings (SSSR count). The van der Waals surface area contributed by atoms with Gasteiger partial charge in [0.25, 0.3) is 0 Å². The molecule has 0 aromatic carbocycles. The molecule has 0 radical (unpaired) electrons. The van der Waals surface area contributed by atoms with Gasteiger partial charge in [-0.2, -0.15) is 0 Å². The van der Waals surface area contributed by atoms with E-state index in [2.05, 4.69) is 13.8 Å². The molecule has 0 aromatic rings. The summed E-state index contributed by atoms with van der Waals surface area (Å²) >= 11 is 0. The maximum Gasteiger partial charge on any atom is 0.306 e. The normalized spacial score (nSPS) is 22.8. The third-order valence-electron chi connectivity index (χ3n) is 7.99. The summed E-state index contributed by atoms with van der Waals surface area (Å²) in [4.78, 5) is 24.9. The molecule has 1 fully saturated rings. The zero-order valence-corrected chi connectivity index (χ0v) is 27.0. The number of esters is 2. The summed E-state index contributed by atoms with van der Waals surface area (Å²) in [5, 5.41) is 39.7. The van der Waals surface area contributed by atoms with Crippen molar-refractivity contribution in [1.29, 1.82) is 0 Å². The van der Waals surface area contributed by atoms with Crippen molar-refractivity contribution in [3.63, 3.8) is 0 Å². The number of carbonyl (C=O) groups excluding carboxylic acids is 2. The van der Waals surface area contributed by atoms with Crippen LogP contribution >= 0.6 is 0 Å². The van der Waals surface area contributed by atoms with Gasteiger partial charge in [0.1, 0.15) is 31.0 Å². The summed E-state index contributed by atoms with van der Waals surface area (Å²) in [6.07, 6.45) is 12.8. The van der Waals surface area contributed by atoms with Gasteiger partial charge in [0.05, 0.1) is 13.2 Å². The number of hydrogen-bond acceptors (Lipinski definition) is 10. The molecular formula is C33H62O10. The van der Waals surface area contributed by atoms with Crippen LogP contribution in [0, 0.1) is 0 Å². The average molecular weight is 619 g/mol. The highest BCUT2D eigenvalue weighted by molar-refractivity contribution is 5.70. The van der Waals surface area contributed by atoms with Gasteiger partial charge in [-0.3, -0.25) is 9.59 Å². The van der Waals surface area contributed by atoms with Crippen LogP contribution in [0.5, 0.6) is 0 Å². The van der Waals surface area contributed by atoms with Crippen LogP contribution in [0.2, 0.25) is 0 Å². The second-order valence-electron chi connectivity index (χ2n) is 12.0. The van der Waals surface area contributed by atoms with Crippen LogP contribution in [0.15, 0.2) is 0 Å². The number of hydrogen-bond donors (Lipinski definition) is 4. The minimum atomic E-state index is -1.59. The lowest BCUT2D eigenvalue weighted by Gasteiger charge is -2.39. The quantitative estimate of drug-likeness (QED) is 0.0723. The minimum absolute atomic E-state index is 0.212. The first-order valence-corrected chi connectivity index (χ1v) is 17.1. The van der Waals surface area contributed by atoms with Crippen LogP contribution in [0.25, 0.3) is 0 Å². The highest BCUT2D eigenvalue weighted by Crippen LogP contribution is 2.22. The topological polar surface area (TPSA) is 152 Å². The smallest absolute Gasteiger partial charge is 0.306 e. The van der Waals surface area contributed by atoms with Crippen LogP contribution in [-0.4, -0.2) is 89.0 Å². The Morgan fingerprint density at radius 3 is 1.58 bits per heavy atom. The molecule has 0 unspecified atom stereocenters. The standard InChI is InChI=1S/C33H62O10/c1-3-5-7-9-11-12-13-14-16-18-20-22-29(36)42-26(24-40-28(35)21-19-17-15-10-8-6-4-2)25-41-33-32(39)31(38)30(37)27(23-34)43-33/h26-27,30-34,37-39H,3-25H2,1-2H3/t26-,27+,30+,31+,32+,33-/m1/s1. The van der Waals surface area contributed by atoms with E-state index < -0.39 is 49.4 Å². The maximum atomic E-state index is 12.6. The number of unbranched alkanes of at least 4 members (excludes halogenated alkanes) is 16. The monoisotopic (exact) mass is 618 g/mol. The first-order valence-electron chi connectivity index (χ1n) is 17.1. The fourth-order valence-corrected chi connectivity index (χ4v) is 5.19. The zero-order chi connectivity index (χ0) is 31.7. The van der Waals surface area contributed by atoms with Crippen LogP contribution in [0.3, 0.4) is 0 Å². The van der Waals surface area contributed by atoms with Gasteiger partial charge < -0.3 is 39.4 Å². The fourth-order valence-electron chi connectivity index (χ4n) is 5.19. The van der Waals surface area contributed by atoms with Crippen molar-refractivity contribution in [2.75, 3.05) is 19.8 Å². The second-order valence-corrected chi connectivity index (χ2v) is 12.0. The minimum Gasteiger partial charge on any atom is -0.462 e. The van der Waals surface area contributed by atoms with Crippen molar-refractivity contribution in [2.24, 2.45) is 0 Å². The molecule has 10 heteroatoms. The first kappa shape index (κ1) is 39.7. The molecule has 1 aliphatic rings. The number of carbonyl (C=O) groups is 2. The summed E-state index contributed by atoms with van der Waals surface area (Å²) in [6, 6.07) is 0. The predicted octanol–water partition coefficient (Wildman–Crippen LogP) is 5.10. The number of aliphatic hydroxyl groups is 4. The van der Waals surface area contributed by atoms with E-state index in [4.69, 9.17) is 18.9 Å². The lowest BCUT2D eigenvalue weighted by molar-refractivity contribution is -0.305. The molecule has 10 nitrogen and oxygen atoms in total. The SMILES string of the molecule is CCCCCCCCCCCCCC(=O)O[C@H](COC(=O)CCCCCCCCC)CO[C@@H]1O[C@@H](CO)[C@H](O)[C@H](O)[C@@H]1O. The Bertz CT molecular complexity index is 689. The largest absolute Gasteiger partial charge is 0.462 e. The Hall–Kier alpha value is -1.30. The third-order valence-corrected chi connectivity index (χ3v) is 7.99. The van der Waals surface area contributed by atoms with Crippen molar-refractivity contribution in [2.45, 2.75) is 179 Å². The first-order chi connectivity index (χ1) is 20.8. The Balaban J connectivity index is 2.45. The van der Waals surface area contributed by atoms with Gasteiger partial charge in [0.15, 0.2) is 12.4 Å². The molecule has 0 amide bonds. The number of aliphatic hydroxyl groups excluding tert-OH is 4. The van der Waals surface area contributed by atoms with Crippen molar-refractivity contribution >= 4 is 11.9 Å². The predicted molar refractivity (Wildman–Crippen MR) is 164 cm³/mol. The van der Waals surface area contributed by atoms with Crippen LogP contribution in [0.4, 0.5) is 0 Å². The molecule has 43 heavy (non-hydrogen) atoms. The van der Waals surface area contributed by atoms with Crippen molar-refractivity contribution in [3.8, 4) is 0 Å². The van der Waals surface area contributed by atoms with E-state index in [-0.39, 0.29) is 32.0 Å². The molecule has 0 spiro atoms. The highest BCUT2D eigenvalue weighted by atomic mass is 16.7. The van der Waals surface area contributed by atoms with Gasteiger partial charge in [-0.15, -0.1) is 0 Å². The molecule has 254 valence electrons. The Morgan fingerprint density at radius 2 is 1.09 bits per heavy atom. The highest BCUT2D eigenvalue weighted by Gasteiger charge is 2.44. The second kappa shape index (κ2) is 26.0. The lowest BCUT2D eigenvalue weighted by atomic mass is 9.99. The molecule has 1 saturated heterocycles. The van der Waals surface area contributed by atoms with Gasteiger partial charge in [-0.25, -0.2) is 0 Å². The summed E-state index contributed by atoms with van der Waals surface area (Å²) < 4.78 is 21.9. The van der Waals surface area contributed by atoms with E-state index in [0.29, 0.717) is 6.42 Å². The fraction of sp³-hybridized carbons (Fsp3) is 0.939. The molecular weight excluding hydrogens is 556 g/mol. The molecule has 6 atom stereocenters. The van der Waals surface area contributed by atoms with Gasteiger partial charge in [0.2, 0.25) is 0 Å². The van der Waals surface area contributed by atoms with Crippen molar-refractivity contribution < 1.29 is 49.0 Å². The Kier molecular flexibility index (Phi) is 24.0. The van der Waals surface area contributed by atoms with Gasteiger partial charge in [-0.1, -0.05) is 117 Å². The summed E-state index contributed by atoms with van der Waals surface area (Å²) in [5.74, 6) is -0.811. The molecule has 4 N–H and O–H groups in total. The Morgan fingerprint density at radius 1 is 0.628 bits per heavy atom. The summed E-state index contributed by atoms with van der Waals surface area (Å²) in [7, 11) is 0. The van der Waals surface area contributed by atoms with Crippen molar-refractivity contribution in [3.05, 3.63) is 0 Å².